The molecule has 1 aromatic rings. The predicted octanol–water partition coefficient (Wildman–Crippen LogP) is 2.56. The zero-order valence-electron chi connectivity index (χ0n) is 14.9. The summed E-state index contributed by atoms with van der Waals surface area (Å²) < 4.78 is 0. The van der Waals surface area contributed by atoms with Crippen LogP contribution in [0.25, 0.3) is 0 Å². The maximum atomic E-state index is 12.2. The molecule has 6 heteroatoms. The third-order valence-corrected chi connectivity index (χ3v) is 4.04. The van der Waals surface area contributed by atoms with Crippen LogP contribution >= 0.6 is 0 Å². The third-order valence-electron chi connectivity index (χ3n) is 4.04. The Bertz CT molecular complexity index is 575. The molecule has 0 aromatic carbocycles. The van der Waals surface area contributed by atoms with Crippen LogP contribution in [0.2, 0.25) is 0 Å². The minimum atomic E-state index is -0.443. The fourth-order valence-electron chi connectivity index (χ4n) is 2.62. The second-order valence-corrected chi connectivity index (χ2v) is 7.23. The molecule has 132 valence electrons. The summed E-state index contributed by atoms with van der Waals surface area (Å²) in [6.45, 7) is 7.83. The van der Waals surface area contributed by atoms with E-state index in [2.05, 4.69) is 20.5 Å². The summed E-state index contributed by atoms with van der Waals surface area (Å²) in [6.07, 6.45) is 5.56. The second kappa shape index (κ2) is 8.13. The maximum absolute atomic E-state index is 12.2. The number of carbonyl (C=O) groups excluding carboxylic acids is 2. The van der Waals surface area contributed by atoms with E-state index in [1.54, 1.807) is 6.20 Å². The highest BCUT2D eigenvalue weighted by molar-refractivity contribution is 5.94. The van der Waals surface area contributed by atoms with Crippen molar-refractivity contribution < 1.29 is 9.59 Å². The summed E-state index contributed by atoms with van der Waals surface area (Å²) in [7, 11) is 0. The number of aromatic nitrogens is 1. The lowest BCUT2D eigenvalue weighted by molar-refractivity contribution is -0.128. The molecule has 0 radical (unpaired) electrons. The lowest BCUT2D eigenvalue weighted by Crippen LogP contribution is -2.36. The molecule has 0 aliphatic carbocycles. The fraction of sp³-hybridized carbons (Fsp3) is 0.611. The average Bonchev–Trinajstić information content (AvgIpc) is 2.55. The number of piperidine rings is 1. The first-order valence-electron chi connectivity index (χ1n) is 8.66. The van der Waals surface area contributed by atoms with Crippen LogP contribution < -0.4 is 15.5 Å². The van der Waals surface area contributed by atoms with Crippen molar-refractivity contribution in [3.05, 3.63) is 18.3 Å². The molecule has 2 rings (SSSR count). The summed E-state index contributed by atoms with van der Waals surface area (Å²) in [4.78, 5) is 30.6. The van der Waals surface area contributed by atoms with Crippen molar-refractivity contribution in [2.24, 2.45) is 5.41 Å². The van der Waals surface area contributed by atoms with Gasteiger partial charge in [0.2, 0.25) is 11.8 Å². The predicted molar refractivity (Wildman–Crippen MR) is 96.0 cm³/mol. The highest BCUT2D eigenvalue weighted by Crippen LogP contribution is 2.25. The maximum Gasteiger partial charge on any atom is 0.226 e. The highest BCUT2D eigenvalue weighted by atomic mass is 16.2. The summed E-state index contributed by atoms with van der Waals surface area (Å²) in [5.41, 5.74) is 0.299. The minimum Gasteiger partial charge on any atom is -0.355 e. The molecule has 0 atom stereocenters. The normalized spacial score (nSPS) is 15.0. The van der Waals surface area contributed by atoms with Crippen LogP contribution in [-0.4, -0.2) is 36.4 Å². The molecular weight excluding hydrogens is 304 g/mol. The zero-order chi connectivity index (χ0) is 17.6. The Balaban J connectivity index is 1.89. The third kappa shape index (κ3) is 5.22. The van der Waals surface area contributed by atoms with Crippen LogP contribution in [-0.2, 0) is 9.59 Å². The van der Waals surface area contributed by atoms with Crippen LogP contribution in [0, 0.1) is 5.41 Å². The molecule has 1 aromatic heterocycles. The van der Waals surface area contributed by atoms with Gasteiger partial charge >= 0.3 is 0 Å². The van der Waals surface area contributed by atoms with E-state index in [1.807, 2.05) is 32.9 Å². The number of carbonyl (C=O) groups is 2. The van der Waals surface area contributed by atoms with Gasteiger partial charge in [0.05, 0.1) is 5.69 Å². The Morgan fingerprint density at radius 1 is 1.21 bits per heavy atom. The van der Waals surface area contributed by atoms with E-state index in [-0.39, 0.29) is 18.2 Å². The van der Waals surface area contributed by atoms with E-state index >= 15 is 0 Å². The topological polar surface area (TPSA) is 74.3 Å². The quantitative estimate of drug-likeness (QED) is 0.869. The van der Waals surface area contributed by atoms with Crippen molar-refractivity contribution in [1.29, 1.82) is 0 Å². The Morgan fingerprint density at radius 2 is 1.92 bits per heavy atom. The Hall–Kier alpha value is -2.11. The van der Waals surface area contributed by atoms with E-state index in [1.165, 1.54) is 6.42 Å². The number of pyridine rings is 1. The molecule has 1 aliphatic heterocycles. The number of hydrogen-bond donors (Lipinski definition) is 2. The number of nitrogens with one attached hydrogen (secondary N) is 2. The molecule has 1 fully saturated rings. The van der Waals surface area contributed by atoms with E-state index in [0.717, 1.165) is 37.4 Å². The number of nitrogens with zero attached hydrogens (tertiary/aromatic N) is 2. The largest absolute Gasteiger partial charge is 0.355 e. The van der Waals surface area contributed by atoms with Crippen molar-refractivity contribution in [3.63, 3.8) is 0 Å². The molecule has 2 N–H and O–H groups in total. The molecule has 6 nitrogen and oxygen atoms in total. The summed E-state index contributed by atoms with van der Waals surface area (Å²) in [5, 5.41) is 5.72. The van der Waals surface area contributed by atoms with Gasteiger partial charge in [0.15, 0.2) is 5.82 Å². The molecule has 2 amide bonds. The minimum absolute atomic E-state index is 0.0503. The fourth-order valence-corrected chi connectivity index (χ4v) is 2.62. The second-order valence-electron chi connectivity index (χ2n) is 7.23. The molecule has 2 heterocycles. The molecule has 24 heavy (non-hydrogen) atoms. The van der Waals surface area contributed by atoms with Gasteiger partial charge in [0.1, 0.15) is 0 Å². The van der Waals surface area contributed by atoms with Crippen LogP contribution in [0.4, 0.5) is 11.5 Å². The lowest BCUT2D eigenvalue weighted by Gasteiger charge is -2.29. The zero-order valence-corrected chi connectivity index (χ0v) is 14.9. The lowest BCUT2D eigenvalue weighted by atomic mass is 9.96. The molecule has 1 aliphatic rings. The van der Waals surface area contributed by atoms with Gasteiger partial charge in [-0.25, -0.2) is 4.98 Å². The van der Waals surface area contributed by atoms with Gasteiger partial charge in [0, 0.05) is 37.7 Å². The van der Waals surface area contributed by atoms with Crippen molar-refractivity contribution >= 4 is 23.3 Å². The standard InChI is InChI=1S/C18H28N4O2/c1-18(2,3)17(24)20-11-9-15(23)21-14-8-7-10-19-16(14)22-12-5-4-6-13-22/h7-8,10H,4-6,9,11-13H2,1-3H3,(H,20,24)(H,21,23). The van der Waals surface area contributed by atoms with Gasteiger partial charge in [-0.3, -0.25) is 9.59 Å². The van der Waals surface area contributed by atoms with Crippen molar-refractivity contribution in [2.45, 2.75) is 46.5 Å². The van der Waals surface area contributed by atoms with Crippen molar-refractivity contribution in [1.82, 2.24) is 10.3 Å². The van der Waals surface area contributed by atoms with Gasteiger partial charge in [-0.1, -0.05) is 20.8 Å². The van der Waals surface area contributed by atoms with Gasteiger partial charge in [-0.05, 0) is 31.4 Å². The van der Waals surface area contributed by atoms with Crippen molar-refractivity contribution in [2.75, 3.05) is 29.9 Å². The molecular formula is C18H28N4O2. The first-order chi connectivity index (χ1) is 11.4. The summed E-state index contributed by atoms with van der Waals surface area (Å²) in [5.74, 6) is 0.672. The first-order valence-corrected chi connectivity index (χ1v) is 8.66. The van der Waals surface area contributed by atoms with E-state index < -0.39 is 5.41 Å². The van der Waals surface area contributed by atoms with E-state index in [9.17, 15) is 9.59 Å². The highest BCUT2D eigenvalue weighted by Gasteiger charge is 2.21. The molecule has 0 saturated carbocycles. The van der Waals surface area contributed by atoms with Crippen LogP contribution in [0.1, 0.15) is 46.5 Å². The van der Waals surface area contributed by atoms with Crippen LogP contribution in [0.3, 0.4) is 0 Å². The Kier molecular flexibility index (Phi) is 6.17. The Morgan fingerprint density at radius 3 is 2.58 bits per heavy atom. The SMILES string of the molecule is CC(C)(C)C(=O)NCCC(=O)Nc1cccnc1N1CCCCC1. The monoisotopic (exact) mass is 332 g/mol. The first kappa shape index (κ1) is 18.2. The van der Waals surface area contributed by atoms with E-state index in [4.69, 9.17) is 0 Å². The van der Waals surface area contributed by atoms with Gasteiger partial charge < -0.3 is 15.5 Å². The molecule has 0 spiro atoms. The number of hydrogen-bond acceptors (Lipinski definition) is 4. The molecule has 1 saturated heterocycles. The number of rotatable bonds is 5. The Labute approximate surface area is 144 Å². The molecule has 0 bridgehead atoms. The van der Waals surface area contributed by atoms with Gasteiger partial charge in [-0.2, -0.15) is 0 Å². The van der Waals surface area contributed by atoms with Crippen LogP contribution in [0.5, 0.6) is 0 Å². The van der Waals surface area contributed by atoms with Gasteiger partial charge in [-0.15, -0.1) is 0 Å². The van der Waals surface area contributed by atoms with Crippen molar-refractivity contribution in [3.8, 4) is 0 Å². The van der Waals surface area contributed by atoms with Crippen LogP contribution in [0.15, 0.2) is 18.3 Å². The average molecular weight is 332 g/mol. The number of amides is 2. The van der Waals surface area contributed by atoms with E-state index in [0.29, 0.717) is 6.54 Å². The summed E-state index contributed by atoms with van der Waals surface area (Å²) >= 11 is 0. The number of anilines is 2. The summed E-state index contributed by atoms with van der Waals surface area (Å²) in [6, 6.07) is 3.70. The molecule has 0 unspecified atom stereocenters. The smallest absolute Gasteiger partial charge is 0.226 e. The van der Waals surface area contributed by atoms with Gasteiger partial charge in [0.25, 0.3) is 0 Å².